The van der Waals surface area contributed by atoms with Gasteiger partial charge in [0.15, 0.2) is 12.2 Å². The van der Waals surface area contributed by atoms with Crippen molar-refractivity contribution in [2.45, 2.75) is 30.3 Å². The normalized spacial score (nSPS) is 14.9. The molecule has 0 bridgehead atoms. The zero-order valence-corrected chi connectivity index (χ0v) is 11.2. The number of benzene rings is 1. The summed E-state index contributed by atoms with van der Waals surface area (Å²) >= 11 is 1.73. The fourth-order valence-corrected chi connectivity index (χ4v) is 2.57. The maximum absolute atomic E-state index is 5.58. The van der Waals surface area contributed by atoms with Crippen molar-refractivity contribution in [2.75, 3.05) is 6.26 Å². The summed E-state index contributed by atoms with van der Waals surface area (Å²) in [5, 5.41) is 3.48. The maximum atomic E-state index is 5.58. The SMILES string of the molecule is CSc1ccccc1-c1ocnc1CNC1CC1. The number of nitrogens with one attached hydrogen (secondary N) is 1. The Morgan fingerprint density at radius 3 is 3.00 bits per heavy atom. The monoisotopic (exact) mass is 260 g/mol. The summed E-state index contributed by atoms with van der Waals surface area (Å²) in [6.07, 6.45) is 6.19. The van der Waals surface area contributed by atoms with Crippen molar-refractivity contribution >= 4 is 11.8 Å². The second-order valence-corrected chi connectivity index (χ2v) is 5.33. The number of aromatic nitrogens is 1. The molecule has 3 nitrogen and oxygen atoms in total. The van der Waals surface area contributed by atoms with Crippen LogP contribution in [0.3, 0.4) is 0 Å². The van der Waals surface area contributed by atoms with Crippen molar-refractivity contribution < 1.29 is 4.42 Å². The van der Waals surface area contributed by atoms with Gasteiger partial charge in [-0.1, -0.05) is 18.2 Å². The van der Waals surface area contributed by atoms with E-state index in [4.69, 9.17) is 4.42 Å². The van der Waals surface area contributed by atoms with Gasteiger partial charge in [0.05, 0.1) is 0 Å². The number of oxazole rings is 1. The Bertz CT molecular complexity index is 534. The minimum atomic E-state index is 0.686. The van der Waals surface area contributed by atoms with E-state index >= 15 is 0 Å². The predicted octanol–water partition coefficient (Wildman–Crippen LogP) is 3.32. The third-order valence-corrected chi connectivity index (χ3v) is 3.92. The van der Waals surface area contributed by atoms with Gasteiger partial charge in [-0.05, 0) is 25.2 Å². The van der Waals surface area contributed by atoms with Gasteiger partial charge in [-0.2, -0.15) is 0 Å². The molecule has 3 rings (SSSR count). The predicted molar refractivity (Wildman–Crippen MR) is 73.6 cm³/mol. The largest absolute Gasteiger partial charge is 0.443 e. The lowest BCUT2D eigenvalue weighted by atomic mass is 10.1. The zero-order valence-electron chi connectivity index (χ0n) is 10.3. The van der Waals surface area contributed by atoms with Gasteiger partial charge in [-0.3, -0.25) is 0 Å². The first-order valence-corrected chi connectivity index (χ1v) is 7.40. The van der Waals surface area contributed by atoms with E-state index in [1.807, 2.05) is 12.1 Å². The lowest BCUT2D eigenvalue weighted by Crippen LogP contribution is -2.16. The molecule has 1 aromatic carbocycles. The lowest BCUT2D eigenvalue weighted by molar-refractivity contribution is 0.568. The van der Waals surface area contributed by atoms with Crippen LogP contribution in [0.5, 0.6) is 0 Å². The van der Waals surface area contributed by atoms with Crippen LogP contribution in [0.1, 0.15) is 18.5 Å². The maximum Gasteiger partial charge on any atom is 0.181 e. The molecule has 1 N–H and O–H groups in total. The quantitative estimate of drug-likeness (QED) is 0.837. The van der Waals surface area contributed by atoms with E-state index < -0.39 is 0 Å². The molecule has 1 fully saturated rings. The van der Waals surface area contributed by atoms with Gasteiger partial charge in [0.2, 0.25) is 0 Å². The molecule has 0 unspecified atom stereocenters. The molecule has 1 aromatic heterocycles. The molecule has 1 saturated carbocycles. The van der Waals surface area contributed by atoms with Gasteiger partial charge in [0.1, 0.15) is 5.69 Å². The van der Waals surface area contributed by atoms with E-state index in [1.165, 1.54) is 24.1 Å². The fraction of sp³-hybridized carbons (Fsp3) is 0.357. The molecule has 0 saturated heterocycles. The zero-order chi connectivity index (χ0) is 12.4. The van der Waals surface area contributed by atoms with E-state index in [9.17, 15) is 0 Å². The minimum Gasteiger partial charge on any atom is -0.443 e. The van der Waals surface area contributed by atoms with Crippen molar-refractivity contribution in [1.82, 2.24) is 10.3 Å². The third-order valence-electron chi connectivity index (χ3n) is 3.13. The average molecular weight is 260 g/mol. The Morgan fingerprint density at radius 1 is 1.39 bits per heavy atom. The molecule has 18 heavy (non-hydrogen) atoms. The average Bonchev–Trinajstić information content (AvgIpc) is 3.13. The summed E-state index contributed by atoms with van der Waals surface area (Å²) < 4.78 is 5.58. The van der Waals surface area contributed by atoms with Crippen LogP contribution in [-0.2, 0) is 6.54 Å². The summed E-state index contributed by atoms with van der Waals surface area (Å²) in [6.45, 7) is 0.791. The van der Waals surface area contributed by atoms with Gasteiger partial charge in [-0.15, -0.1) is 11.8 Å². The van der Waals surface area contributed by atoms with Gasteiger partial charge >= 0.3 is 0 Å². The Balaban J connectivity index is 1.88. The van der Waals surface area contributed by atoms with Crippen LogP contribution in [0.15, 0.2) is 40.0 Å². The molecule has 0 atom stereocenters. The van der Waals surface area contributed by atoms with Crippen LogP contribution in [0, 0.1) is 0 Å². The highest BCUT2D eigenvalue weighted by Crippen LogP contribution is 2.32. The number of thioether (sulfide) groups is 1. The Morgan fingerprint density at radius 2 is 2.22 bits per heavy atom. The number of rotatable bonds is 5. The Labute approximate surface area is 111 Å². The summed E-state index contributed by atoms with van der Waals surface area (Å²) in [6, 6.07) is 8.97. The van der Waals surface area contributed by atoms with Crippen LogP contribution in [0.2, 0.25) is 0 Å². The smallest absolute Gasteiger partial charge is 0.181 e. The van der Waals surface area contributed by atoms with Crippen molar-refractivity contribution in [2.24, 2.45) is 0 Å². The molecule has 0 radical (unpaired) electrons. The van der Waals surface area contributed by atoms with E-state index in [0.29, 0.717) is 6.04 Å². The molecule has 4 heteroatoms. The van der Waals surface area contributed by atoms with Gasteiger partial charge < -0.3 is 9.73 Å². The summed E-state index contributed by atoms with van der Waals surface area (Å²) in [5.74, 6) is 0.896. The highest BCUT2D eigenvalue weighted by Gasteiger charge is 2.22. The topological polar surface area (TPSA) is 38.1 Å². The van der Waals surface area contributed by atoms with Crippen molar-refractivity contribution in [3.05, 3.63) is 36.4 Å². The number of hydrogen-bond acceptors (Lipinski definition) is 4. The highest BCUT2D eigenvalue weighted by atomic mass is 32.2. The molecule has 0 spiro atoms. The molecule has 94 valence electrons. The molecule has 1 aliphatic carbocycles. The Kier molecular flexibility index (Phi) is 3.39. The minimum absolute atomic E-state index is 0.686. The van der Waals surface area contributed by atoms with Crippen molar-refractivity contribution in [3.63, 3.8) is 0 Å². The first-order chi connectivity index (χ1) is 8.88. The Hall–Kier alpha value is -1.26. The second-order valence-electron chi connectivity index (χ2n) is 4.48. The van der Waals surface area contributed by atoms with Gasteiger partial charge in [0.25, 0.3) is 0 Å². The van der Waals surface area contributed by atoms with Gasteiger partial charge in [-0.25, -0.2) is 4.98 Å². The summed E-state index contributed by atoms with van der Waals surface area (Å²) in [5.41, 5.74) is 2.14. The molecule has 0 amide bonds. The summed E-state index contributed by atoms with van der Waals surface area (Å²) in [7, 11) is 0. The standard InChI is InChI=1S/C14H16N2OS/c1-18-13-5-3-2-4-11(13)14-12(16-9-17-14)8-15-10-6-7-10/h2-5,9-10,15H,6-8H2,1H3. The first kappa shape index (κ1) is 11.8. The van der Waals surface area contributed by atoms with Crippen LogP contribution in [-0.4, -0.2) is 17.3 Å². The van der Waals surface area contributed by atoms with Crippen molar-refractivity contribution in [1.29, 1.82) is 0 Å². The molecule has 1 aliphatic rings. The first-order valence-electron chi connectivity index (χ1n) is 6.17. The molecule has 0 aliphatic heterocycles. The fourth-order valence-electron chi connectivity index (χ4n) is 1.97. The van der Waals surface area contributed by atoms with Crippen LogP contribution >= 0.6 is 11.8 Å². The summed E-state index contributed by atoms with van der Waals surface area (Å²) in [4.78, 5) is 5.55. The number of hydrogen-bond donors (Lipinski definition) is 1. The highest BCUT2D eigenvalue weighted by molar-refractivity contribution is 7.98. The van der Waals surface area contributed by atoms with Crippen LogP contribution in [0.4, 0.5) is 0 Å². The van der Waals surface area contributed by atoms with E-state index in [2.05, 4.69) is 28.7 Å². The second kappa shape index (κ2) is 5.16. The van der Waals surface area contributed by atoms with Crippen molar-refractivity contribution in [3.8, 4) is 11.3 Å². The lowest BCUT2D eigenvalue weighted by Gasteiger charge is -2.06. The van der Waals surface area contributed by atoms with E-state index in [0.717, 1.165) is 23.6 Å². The molecule has 2 aromatic rings. The number of nitrogens with zero attached hydrogens (tertiary/aromatic N) is 1. The van der Waals surface area contributed by atoms with Gasteiger partial charge in [0, 0.05) is 23.0 Å². The molecular formula is C14H16N2OS. The third kappa shape index (κ3) is 2.44. The van der Waals surface area contributed by atoms with Crippen LogP contribution in [0.25, 0.3) is 11.3 Å². The van der Waals surface area contributed by atoms with Crippen LogP contribution < -0.4 is 5.32 Å². The van der Waals surface area contributed by atoms with E-state index in [-0.39, 0.29) is 0 Å². The molecular weight excluding hydrogens is 244 g/mol. The van der Waals surface area contributed by atoms with E-state index in [1.54, 1.807) is 11.8 Å². The molecule has 1 heterocycles.